The normalized spacial score (nSPS) is 28.2. The lowest BCUT2D eigenvalue weighted by atomic mass is 10.1. The molecule has 1 saturated carbocycles. The Morgan fingerprint density at radius 2 is 2.15 bits per heavy atom. The number of methoxy groups -OCH3 is 1. The molecule has 0 radical (unpaired) electrons. The van der Waals surface area contributed by atoms with Crippen molar-refractivity contribution >= 4 is 0 Å². The molecule has 0 heterocycles. The van der Waals surface area contributed by atoms with Gasteiger partial charge in [-0.25, -0.2) is 0 Å². The van der Waals surface area contributed by atoms with Crippen molar-refractivity contribution in [2.75, 3.05) is 20.3 Å². The Balaban J connectivity index is 1.88. The van der Waals surface area contributed by atoms with Gasteiger partial charge in [-0.2, -0.15) is 0 Å². The molecule has 2 nitrogen and oxygen atoms in total. The first-order chi connectivity index (χ1) is 6.33. The first kappa shape index (κ1) is 11.0. The molecule has 0 unspecified atom stereocenters. The molecule has 0 saturated heterocycles. The quantitative estimate of drug-likeness (QED) is 0.640. The van der Waals surface area contributed by atoms with E-state index in [0.29, 0.717) is 0 Å². The summed E-state index contributed by atoms with van der Waals surface area (Å²) in [5.74, 6) is 0.941. The van der Waals surface area contributed by atoms with Gasteiger partial charge in [0.2, 0.25) is 0 Å². The van der Waals surface area contributed by atoms with Crippen LogP contribution in [-0.2, 0) is 4.74 Å². The molecule has 0 amide bonds. The molecule has 78 valence electrons. The smallest absolute Gasteiger partial charge is 0.0462 e. The molecule has 1 rings (SSSR count). The van der Waals surface area contributed by atoms with Crippen molar-refractivity contribution < 1.29 is 4.74 Å². The third-order valence-electron chi connectivity index (χ3n) is 2.90. The van der Waals surface area contributed by atoms with Gasteiger partial charge in [0.05, 0.1) is 0 Å². The Morgan fingerprint density at radius 3 is 2.77 bits per heavy atom. The average Bonchev–Trinajstić information content (AvgIpc) is 2.51. The highest BCUT2D eigenvalue weighted by Gasteiger charge is 2.19. The van der Waals surface area contributed by atoms with E-state index in [4.69, 9.17) is 4.74 Å². The molecule has 2 atom stereocenters. The predicted molar refractivity (Wildman–Crippen MR) is 55.9 cm³/mol. The number of rotatable bonds is 6. The van der Waals surface area contributed by atoms with Crippen LogP contribution in [0.3, 0.4) is 0 Å². The Labute approximate surface area is 82.0 Å². The molecule has 1 aliphatic rings. The van der Waals surface area contributed by atoms with Crippen LogP contribution in [0, 0.1) is 5.92 Å². The number of hydrogen-bond donors (Lipinski definition) is 1. The van der Waals surface area contributed by atoms with Crippen molar-refractivity contribution in [1.29, 1.82) is 0 Å². The van der Waals surface area contributed by atoms with Gasteiger partial charge >= 0.3 is 0 Å². The second kappa shape index (κ2) is 6.39. The minimum absolute atomic E-state index is 0.803. The Bertz CT molecular complexity index is 127. The van der Waals surface area contributed by atoms with Gasteiger partial charge in [0, 0.05) is 19.8 Å². The molecule has 0 bridgehead atoms. The van der Waals surface area contributed by atoms with E-state index in [1.54, 1.807) is 7.11 Å². The maximum atomic E-state index is 5.00. The predicted octanol–water partition coefficient (Wildman–Crippen LogP) is 2.19. The van der Waals surface area contributed by atoms with Crippen molar-refractivity contribution in [3.8, 4) is 0 Å². The van der Waals surface area contributed by atoms with E-state index in [1.165, 1.54) is 38.6 Å². The highest BCUT2D eigenvalue weighted by atomic mass is 16.5. The van der Waals surface area contributed by atoms with E-state index >= 15 is 0 Å². The lowest BCUT2D eigenvalue weighted by Gasteiger charge is -2.11. The van der Waals surface area contributed by atoms with E-state index < -0.39 is 0 Å². The highest BCUT2D eigenvalue weighted by Crippen LogP contribution is 2.24. The second-order valence-electron chi connectivity index (χ2n) is 4.27. The van der Waals surface area contributed by atoms with Crippen molar-refractivity contribution in [2.45, 2.75) is 45.1 Å². The molecule has 0 spiro atoms. The van der Waals surface area contributed by atoms with Crippen LogP contribution >= 0.6 is 0 Å². The zero-order valence-electron chi connectivity index (χ0n) is 9.01. The maximum Gasteiger partial charge on any atom is 0.0462 e. The molecular formula is C11H23NO. The van der Waals surface area contributed by atoms with Gasteiger partial charge < -0.3 is 10.1 Å². The van der Waals surface area contributed by atoms with Crippen LogP contribution in [0.1, 0.15) is 39.0 Å². The standard InChI is InChI=1S/C11H23NO/c1-10-5-6-11(9-10)12-7-3-4-8-13-2/h10-12H,3-9H2,1-2H3/t10-,11+/m1/s1. The fraction of sp³-hybridized carbons (Fsp3) is 1.00. The number of hydrogen-bond acceptors (Lipinski definition) is 2. The van der Waals surface area contributed by atoms with Gasteiger partial charge in [-0.05, 0) is 44.6 Å². The summed E-state index contributed by atoms with van der Waals surface area (Å²) < 4.78 is 5.00. The van der Waals surface area contributed by atoms with Crippen molar-refractivity contribution in [3.63, 3.8) is 0 Å². The SMILES string of the molecule is COCCCCN[C@H]1CC[C@@H](C)C1. The second-order valence-corrected chi connectivity index (χ2v) is 4.27. The summed E-state index contributed by atoms with van der Waals surface area (Å²) in [7, 11) is 1.77. The van der Waals surface area contributed by atoms with Crippen molar-refractivity contribution in [2.24, 2.45) is 5.92 Å². The fourth-order valence-electron chi connectivity index (χ4n) is 2.07. The monoisotopic (exact) mass is 185 g/mol. The molecule has 0 aromatic carbocycles. The summed E-state index contributed by atoms with van der Waals surface area (Å²) in [6.07, 6.45) is 6.61. The lowest BCUT2D eigenvalue weighted by molar-refractivity contribution is 0.192. The summed E-state index contributed by atoms with van der Waals surface area (Å²) in [6.45, 7) is 4.43. The highest BCUT2D eigenvalue weighted by molar-refractivity contribution is 4.77. The van der Waals surface area contributed by atoms with E-state index in [-0.39, 0.29) is 0 Å². The summed E-state index contributed by atoms with van der Waals surface area (Å²) in [6, 6.07) is 0.803. The van der Waals surface area contributed by atoms with Crippen LogP contribution < -0.4 is 5.32 Å². The Kier molecular flexibility index (Phi) is 5.40. The molecule has 0 aromatic rings. The minimum atomic E-state index is 0.803. The molecular weight excluding hydrogens is 162 g/mol. The third kappa shape index (κ3) is 4.63. The van der Waals surface area contributed by atoms with E-state index in [1.807, 2.05) is 0 Å². The summed E-state index contributed by atoms with van der Waals surface area (Å²) >= 11 is 0. The van der Waals surface area contributed by atoms with Gasteiger partial charge in [-0.3, -0.25) is 0 Å². The molecule has 2 heteroatoms. The minimum Gasteiger partial charge on any atom is -0.385 e. The average molecular weight is 185 g/mol. The topological polar surface area (TPSA) is 21.3 Å². The number of ether oxygens (including phenoxy) is 1. The first-order valence-electron chi connectivity index (χ1n) is 5.55. The van der Waals surface area contributed by atoms with Gasteiger partial charge in [0.15, 0.2) is 0 Å². The van der Waals surface area contributed by atoms with Gasteiger partial charge in [0.25, 0.3) is 0 Å². The number of nitrogens with one attached hydrogen (secondary N) is 1. The van der Waals surface area contributed by atoms with E-state index in [0.717, 1.165) is 18.6 Å². The Morgan fingerprint density at radius 1 is 1.31 bits per heavy atom. The van der Waals surface area contributed by atoms with Crippen molar-refractivity contribution in [3.05, 3.63) is 0 Å². The molecule has 13 heavy (non-hydrogen) atoms. The maximum absolute atomic E-state index is 5.00. The van der Waals surface area contributed by atoms with Crippen LogP contribution in [0.25, 0.3) is 0 Å². The molecule has 1 fully saturated rings. The van der Waals surface area contributed by atoms with E-state index in [2.05, 4.69) is 12.2 Å². The summed E-state index contributed by atoms with van der Waals surface area (Å²) in [4.78, 5) is 0. The first-order valence-corrected chi connectivity index (χ1v) is 5.55. The van der Waals surface area contributed by atoms with Crippen LogP contribution in [0.2, 0.25) is 0 Å². The number of unbranched alkanes of at least 4 members (excludes halogenated alkanes) is 1. The van der Waals surface area contributed by atoms with Crippen LogP contribution in [-0.4, -0.2) is 26.3 Å². The fourth-order valence-corrected chi connectivity index (χ4v) is 2.07. The molecule has 1 N–H and O–H groups in total. The van der Waals surface area contributed by atoms with Crippen LogP contribution in [0.5, 0.6) is 0 Å². The summed E-state index contributed by atoms with van der Waals surface area (Å²) in [5, 5.41) is 3.62. The van der Waals surface area contributed by atoms with Crippen LogP contribution in [0.4, 0.5) is 0 Å². The molecule has 0 aliphatic heterocycles. The van der Waals surface area contributed by atoms with Gasteiger partial charge in [-0.1, -0.05) is 6.92 Å². The van der Waals surface area contributed by atoms with E-state index in [9.17, 15) is 0 Å². The summed E-state index contributed by atoms with van der Waals surface area (Å²) in [5.41, 5.74) is 0. The van der Waals surface area contributed by atoms with Crippen molar-refractivity contribution in [1.82, 2.24) is 5.32 Å². The molecule has 1 aliphatic carbocycles. The molecule has 0 aromatic heterocycles. The zero-order valence-corrected chi connectivity index (χ0v) is 9.01. The zero-order chi connectivity index (χ0) is 9.52. The Hall–Kier alpha value is -0.0800. The van der Waals surface area contributed by atoms with Crippen LogP contribution in [0.15, 0.2) is 0 Å². The lowest BCUT2D eigenvalue weighted by Crippen LogP contribution is -2.27. The van der Waals surface area contributed by atoms with Gasteiger partial charge in [-0.15, -0.1) is 0 Å². The third-order valence-corrected chi connectivity index (χ3v) is 2.90. The van der Waals surface area contributed by atoms with Gasteiger partial charge in [0.1, 0.15) is 0 Å². The largest absolute Gasteiger partial charge is 0.385 e.